The van der Waals surface area contributed by atoms with Crippen LogP contribution < -0.4 is 5.32 Å². The molecule has 1 amide bonds. The van der Waals surface area contributed by atoms with Gasteiger partial charge in [-0.3, -0.25) is 9.69 Å². The molecule has 7 nitrogen and oxygen atoms in total. The number of hydrogen-bond acceptors (Lipinski definition) is 5. The van der Waals surface area contributed by atoms with Crippen molar-refractivity contribution in [3.63, 3.8) is 0 Å². The Morgan fingerprint density at radius 2 is 1.85 bits per heavy atom. The van der Waals surface area contributed by atoms with Crippen molar-refractivity contribution in [3.05, 3.63) is 54.0 Å². The number of rotatable bonds is 9. The number of carbonyl (C=O) groups excluding carboxylic acids is 1. The Labute approximate surface area is 161 Å². The number of nitrogens with one attached hydrogen (secondary N) is 1. The first-order chi connectivity index (χ1) is 12.8. The third-order valence-electron chi connectivity index (χ3n) is 4.39. The van der Waals surface area contributed by atoms with E-state index in [1.54, 1.807) is 38.3 Å². The molecule has 0 aliphatic carbocycles. The Morgan fingerprint density at radius 1 is 1.15 bits per heavy atom. The van der Waals surface area contributed by atoms with Gasteiger partial charge in [0.05, 0.1) is 17.2 Å². The SMILES string of the molecule is CCN(CC)S(=O)(=O)c1cccc(C(=O)NCC(c2ccco2)N(C)C)c1. The van der Waals surface area contributed by atoms with Crippen molar-refractivity contribution in [3.8, 4) is 0 Å². The fraction of sp³-hybridized carbons (Fsp3) is 0.421. The van der Waals surface area contributed by atoms with Gasteiger partial charge in [-0.15, -0.1) is 0 Å². The van der Waals surface area contributed by atoms with Crippen LogP contribution >= 0.6 is 0 Å². The number of hydrogen-bond donors (Lipinski definition) is 1. The molecule has 0 saturated carbocycles. The highest BCUT2D eigenvalue weighted by molar-refractivity contribution is 7.89. The predicted molar refractivity (Wildman–Crippen MR) is 104 cm³/mol. The lowest BCUT2D eigenvalue weighted by Crippen LogP contribution is -2.34. The van der Waals surface area contributed by atoms with Crippen LogP contribution in [-0.2, 0) is 10.0 Å². The summed E-state index contributed by atoms with van der Waals surface area (Å²) in [6.07, 6.45) is 1.59. The average molecular weight is 394 g/mol. The van der Waals surface area contributed by atoms with Crippen LogP contribution in [0.1, 0.15) is 36.0 Å². The van der Waals surface area contributed by atoms with Gasteiger partial charge in [0.15, 0.2) is 0 Å². The van der Waals surface area contributed by atoms with Crippen molar-refractivity contribution in [1.82, 2.24) is 14.5 Å². The summed E-state index contributed by atoms with van der Waals surface area (Å²) in [6, 6.07) is 9.65. The summed E-state index contributed by atoms with van der Waals surface area (Å²) in [6.45, 7) is 4.67. The van der Waals surface area contributed by atoms with Crippen LogP contribution in [0.25, 0.3) is 0 Å². The van der Waals surface area contributed by atoms with Crippen LogP contribution in [0.2, 0.25) is 0 Å². The fourth-order valence-electron chi connectivity index (χ4n) is 2.82. The van der Waals surface area contributed by atoms with Gasteiger partial charge >= 0.3 is 0 Å². The van der Waals surface area contributed by atoms with Crippen molar-refractivity contribution in [2.45, 2.75) is 24.8 Å². The van der Waals surface area contributed by atoms with E-state index in [4.69, 9.17) is 4.42 Å². The molecule has 0 spiro atoms. The van der Waals surface area contributed by atoms with Gasteiger partial charge in [0.25, 0.3) is 5.91 Å². The third-order valence-corrected chi connectivity index (χ3v) is 6.44. The van der Waals surface area contributed by atoms with Crippen molar-refractivity contribution in [1.29, 1.82) is 0 Å². The Hall–Kier alpha value is -2.16. The molecule has 0 bridgehead atoms. The summed E-state index contributed by atoms with van der Waals surface area (Å²) in [4.78, 5) is 14.6. The molecule has 1 atom stereocenters. The molecule has 1 N–H and O–H groups in total. The van der Waals surface area contributed by atoms with E-state index >= 15 is 0 Å². The van der Waals surface area contributed by atoms with Crippen molar-refractivity contribution >= 4 is 15.9 Å². The maximum atomic E-state index is 12.7. The molecular weight excluding hydrogens is 366 g/mol. The molecular formula is C19H27N3O4S. The Balaban J connectivity index is 2.15. The maximum Gasteiger partial charge on any atom is 0.251 e. The highest BCUT2D eigenvalue weighted by Crippen LogP contribution is 2.19. The van der Waals surface area contributed by atoms with Crippen LogP contribution in [0.4, 0.5) is 0 Å². The highest BCUT2D eigenvalue weighted by atomic mass is 32.2. The van der Waals surface area contributed by atoms with Crippen LogP contribution in [-0.4, -0.2) is 57.3 Å². The van der Waals surface area contributed by atoms with E-state index in [-0.39, 0.29) is 16.8 Å². The summed E-state index contributed by atoms with van der Waals surface area (Å²) >= 11 is 0. The molecule has 1 unspecified atom stereocenters. The topological polar surface area (TPSA) is 82.9 Å². The number of likely N-dealkylation sites (N-methyl/N-ethyl adjacent to an activating group) is 1. The summed E-state index contributed by atoms with van der Waals surface area (Å²) in [5.41, 5.74) is 0.306. The first kappa shape index (κ1) is 21.1. The molecule has 2 rings (SSSR count). The van der Waals surface area contributed by atoms with E-state index in [1.807, 2.05) is 25.1 Å². The first-order valence-electron chi connectivity index (χ1n) is 8.89. The zero-order chi connectivity index (χ0) is 20.0. The van der Waals surface area contributed by atoms with Gasteiger partial charge in [-0.1, -0.05) is 19.9 Å². The van der Waals surface area contributed by atoms with Crippen molar-refractivity contribution < 1.29 is 17.6 Å². The normalized spacial score (nSPS) is 13.1. The number of nitrogens with zero attached hydrogens (tertiary/aromatic N) is 2. The fourth-order valence-corrected chi connectivity index (χ4v) is 4.32. The Bertz CT molecular complexity index is 844. The van der Waals surface area contributed by atoms with Crippen molar-refractivity contribution in [2.75, 3.05) is 33.7 Å². The molecule has 1 aromatic heterocycles. The van der Waals surface area contributed by atoms with Crippen LogP contribution in [0.5, 0.6) is 0 Å². The molecule has 8 heteroatoms. The molecule has 27 heavy (non-hydrogen) atoms. The van der Waals surface area contributed by atoms with E-state index in [2.05, 4.69) is 5.32 Å². The predicted octanol–water partition coefficient (Wildman–Crippen LogP) is 2.34. The van der Waals surface area contributed by atoms with E-state index in [0.29, 0.717) is 25.2 Å². The minimum absolute atomic E-state index is 0.119. The van der Waals surface area contributed by atoms with E-state index in [9.17, 15) is 13.2 Å². The number of sulfonamides is 1. The Morgan fingerprint density at radius 3 is 2.41 bits per heavy atom. The molecule has 148 valence electrons. The van der Waals surface area contributed by atoms with Crippen LogP contribution in [0.15, 0.2) is 52.0 Å². The second-order valence-electron chi connectivity index (χ2n) is 6.32. The molecule has 0 aliphatic rings. The smallest absolute Gasteiger partial charge is 0.251 e. The third kappa shape index (κ3) is 4.97. The lowest BCUT2D eigenvalue weighted by Gasteiger charge is -2.22. The molecule has 1 heterocycles. The number of furan rings is 1. The molecule has 2 aromatic rings. The summed E-state index contributed by atoms with van der Waals surface area (Å²) < 4.78 is 32.1. The van der Waals surface area contributed by atoms with Gasteiger partial charge in [-0.25, -0.2) is 8.42 Å². The number of benzene rings is 1. The summed E-state index contributed by atoms with van der Waals surface area (Å²) in [5.74, 6) is 0.420. The quantitative estimate of drug-likeness (QED) is 0.707. The lowest BCUT2D eigenvalue weighted by molar-refractivity contribution is 0.0939. The van der Waals surface area contributed by atoms with Gasteiger partial charge < -0.3 is 9.73 Å². The number of amides is 1. The van der Waals surface area contributed by atoms with E-state index in [1.165, 1.54) is 16.4 Å². The second kappa shape index (κ2) is 9.16. The molecule has 1 aromatic carbocycles. The standard InChI is InChI=1S/C19H27N3O4S/c1-5-22(6-2)27(24,25)16-10-7-9-15(13-16)19(23)20-14-17(21(3)4)18-11-8-12-26-18/h7-13,17H,5-6,14H2,1-4H3,(H,20,23). The summed E-state index contributed by atoms with van der Waals surface area (Å²) in [5, 5.41) is 2.86. The van der Waals surface area contributed by atoms with Gasteiger partial charge in [0.1, 0.15) is 5.76 Å². The summed E-state index contributed by atoms with van der Waals surface area (Å²) in [7, 11) is 0.192. The largest absolute Gasteiger partial charge is 0.468 e. The first-order valence-corrected chi connectivity index (χ1v) is 10.3. The average Bonchev–Trinajstić information content (AvgIpc) is 3.16. The molecule has 0 aliphatic heterocycles. The number of carbonyl (C=O) groups is 1. The van der Waals surface area contributed by atoms with Crippen molar-refractivity contribution in [2.24, 2.45) is 0 Å². The zero-order valence-corrected chi connectivity index (χ0v) is 17.0. The monoisotopic (exact) mass is 393 g/mol. The van der Waals surface area contributed by atoms with E-state index in [0.717, 1.165) is 5.76 Å². The minimum atomic E-state index is -3.61. The van der Waals surface area contributed by atoms with Gasteiger partial charge in [-0.05, 0) is 44.4 Å². The Kier molecular flexibility index (Phi) is 7.18. The van der Waals surface area contributed by atoms with Crippen LogP contribution in [0, 0.1) is 0 Å². The van der Waals surface area contributed by atoms with E-state index < -0.39 is 10.0 Å². The van der Waals surface area contributed by atoms with Gasteiger partial charge in [-0.2, -0.15) is 4.31 Å². The molecule has 0 radical (unpaired) electrons. The maximum absolute atomic E-state index is 12.7. The second-order valence-corrected chi connectivity index (χ2v) is 8.26. The van der Waals surface area contributed by atoms with Gasteiger partial charge in [0, 0.05) is 25.2 Å². The minimum Gasteiger partial charge on any atom is -0.468 e. The van der Waals surface area contributed by atoms with Gasteiger partial charge in [0.2, 0.25) is 10.0 Å². The zero-order valence-electron chi connectivity index (χ0n) is 16.2. The molecule has 0 fully saturated rings. The van der Waals surface area contributed by atoms with Crippen LogP contribution in [0.3, 0.4) is 0 Å². The highest BCUT2D eigenvalue weighted by Gasteiger charge is 2.23. The molecule has 0 saturated heterocycles. The lowest BCUT2D eigenvalue weighted by atomic mass is 10.2.